The standard InChI is InChI=1S/C14H21F3N2/c1-4-18-13(9-10-19(2)3)11-7-5-6-8-12(11)14(15,16)17/h5-8,13,18H,4,9-10H2,1-3H3. The largest absolute Gasteiger partial charge is 0.416 e. The van der Waals surface area contributed by atoms with E-state index in [4.69, 9.17) is 0 Å². The average Bonchev–Trinajstić information content (AvgIpc) is 2.33. The van der Waals surface area contributed by atoms with Gasteiger partial charge in [0.25, 0.3) is 0 Å². The SMILES string of the molecule is CCNC(CCN(C)C)c1ccccc1C(F)(F)F. The Morgan fingerprint density at radius 1 is 1.21 bits per heavy atom. The summed E-state index contributed by atoms with van der Waals surface area (Å²) >= 11 is 0. The molecule has 0 aliphatic carbocycles. The number of rotatable bonds is 6. The third-order valence-corrected chi connectivity index (χ3v) is 2.96. The van der Waals surface area contributed by atoms with Crippen molar-refractivity contribution >= 4 is 0 Å². The Morgan fingerprint density at radius 2 is 1.84 bits per heavy atom. The van der Waals surface area contributed by atoms with Crippen LogP contribution in [0.1, 0.15) is 30.5 Å². The summed E-state index contributed by atoms with van der Waals surface area (Å²) < 4.78 is 39.0. The smallest absolute Gasteiger partial charge is 0.310 e. The van der Waals surface area contributed by atoms with Crippen molar-refractivity contribution in [1.82, 2.24) is 10.2 Å². The van der Waals surface area contributed by atoms with Gasteiger partial charge in [0.15, 0.2) is 0 Å². The van der Waals surface area contributed by atoms with E-state index in [1.807, 2.05) is 25.9 Å². The fraction of sp³-hybridized carbons (Fsp3) is 0.571. The summed E-state index contributed by atoms with van der Waals surface area (Å²) in [6.45, 7) is 3.28. The van der Waals surface area contributed by atoms with Gasteiger partial charge in [-0.15, -0.1) is 0 Å². The van der Waals surface area contributed by atoms with Crippen LogP contribution in [0.3, 0.4) is 0 Å². The molecule has 0 aromatic heterocycles. The lowest BCUT2D eigenvalue weighted by Gasteiger charge is -2.23. The predicted octanol–water partition coefficient (Wildman–Crippen LogP) is 3.31. The van der Waals surface area contributed by atoms with E-state index in [2.05, 4.69) is 5.32 Å². The van der Waals surface area contributed by atoms with E-state index in [9.17, 15) is 13.2 Å². The molecule has 0 saturated heterocycles. The monoisotopic (exact) mass is 274 g/mol. The summed E-state index contributed by atoms with van der Waals surface area (Å²) in [5, 5.41) is 3.14. The van der Waals surface area contributed by atoms with E-state index < -0.39 is 11.7 Å². The number of benzene rings is 1. The topological polar surface area (TPSA) is 15.3 Å². The first-order chi connectivity index (χ1) is 8.86. The van der Waals surface area contributed by atoms with Crippen molar-refractivity contribution in [3.63, 3.8) is 0 Å². The molecule has 0 amide bonds. The van der Waals surface area contributed by atoms with Crippen LogP contribution in [-0.2, 0) is 6.18 Å². The molecule has 2 nitrogen and oxygen atoms in total. The molecule has 0 aliphatic heterocycles. The number of nitrogens with zero attached hydrogens (tertiary/aromatic N) is 1. The van der Waals surface area contributed by atoms with Crippen LogP contribution in [0, 0.1) is 0 Å². The van der Waals surface area contributed by atoms with Crippen LogP contribution in [0.4, 0.5) is 13.2 Å². The maximum Gasteiger partial charge on any atom is 0.416 e. The van der Waals surface area contributed by atoms with Crippen molar-refractivity contribution in [3.05, 3.63) is 35.4 Å². The van der Waals surface area contributed by atoms with Gasteiger partial charge in [0.2, 0.25) is 0 Å². The Hall–Kier alpha value is -1.07. The summed E-state index contributed by atoms with van der Waals surface area (Å²) in [5.74, 6) is 0. The molecule has 5 heteroatoms. The van der Waals surface area contributed by atoms with E-state index in [1.165, 1.54) is 6.07 Å². The van der Waals surface area contributed by atoms with Gasteiger partial charge in [0.1, 0.15) is 0 Å². The van der Waals surface area contributed by atoms with Gasteiger partial charge in [0.05, 0.1) is 5.56 Å². The van der Waals surface area contributed by atoms with Gasteiger partial charge in [-0.25, -0.2) is 0 Å². The molecule has 0 heterocycles. The fourth-order valence-corrected chi connectivity index (χ4v) is 2.06. The fourth-order valence-electron chi connectivity index (χ4n) is 2.06. The number of alkyl halides is 3. The summed E-state index contributed by atoms with van der Waals surface area (Å²) in [7, 11) is 3.83. The first-order valence-corrected chi connectivity index (χ1v) is 6.40. The molecule has 0 saturated carbocycles. The molecule has 0 bridgehead atoms. The second kappa shape index (κ2) is 6.91. The van der Waals surface area contributed by atoms with Crippen LogP contribution in [0.15, 0.2) is 24.3 Å². The molecule has 0 radical (unpaired) electrons. The normalized spacial score (nSPS) is 13.8. The molecule has 0 aliphatic rings. The molecule has 1 unspecified atom stereocenters. The number of nitrogens with one attached hydrogen (secondary N) is 1. The van der Waals surface area contributed by atoms with Gasteiger partial charge in [-0.05, 0) is 45.2 Å². The van der Waals surface area contributed by atoms with Crippen molar-refractivity contribution in [2.75, 3.05) is 27.2 Å². The van der Waals surface area contributed by atoms with Crippen LogP contribution >= 0.6 is 0 Å². The van der Waals surface area contributed by atoms with Gasteiger partial charge in [-0.2, -0.15) is 13.2 Å². The van der Waals surface area contributed by atoms with Gasteiger partial charge in [0, 0.05) is 6.04 Å². The zero-order chi connectivity index (χ0) is 14.5. The molecule has 1 aromatic carbocycles. The highest BCUT2D eigenvalue weighted by atomic mass is 19.4. The van der Waals surface area contributed by atoms with Crippen LogP contribution in [0.2, 0.25) is 0 Å². The predicted molar refractivity (Wildman–Crippen MR) is 71.0 cm³/mol. The van der Waals surface area contributed by atoms with Crippen molar-refractivity contribution in [2.24, 2.45) is 0 Å². The molecule has 108 valence electrons. The minimum atomic E-state index is -4.30. The third kappa shape index (κ3) is 4.84. The van der Waals surface area contributed by atoms with Crippen LogP contribution in [0.5, 0.6) is 0 Å². The van der Waals surface area contributed by atoms with Crippen molar-refractivity contribution in [2.45, 2.75) is 25.6 Å². The summed E-state index contributed by atoms with van der Waals surface area (Å²) in [6, 6.07) is 5.53. The highest BCUT2D eigenvalue weighted by Gasteiger charge is 2.34. The zero-order valence-electron chi connectivity index (χ0n) is 11.6. The van der Waals surface area contributed by atoms with Crippen LogP contribution in [-0.4, -0.2) is 32.1 Å². The van der Waals surface area contributed by atoms with Crippen LogP contribution in [0.25, 0.3) is 0 Å². The lowest BCUT2D eigenvalue weighted by molar-refractivity contribution is -0.138. The lowest BCUT2D eigenvalue weighted by Crippen LogP contribution is -2.27. The van der Waals surface area contributed by atoms with Crippen molar-refractivity contribution in [3.8, 4) is 0 Å². The Bertz CT molecular complexity index is 389. The maximum absolute atomic E-state index is 13.0. The second-order valence-corrected chi connectivity index (χ2v) is 4.79. The van der Waals surface area contributed by atoms with E-state index in [0.29, 0.717) is 18.5 Å². The molecular weight excluding hydrogens is 253 g/mol. The number of hydrogen-bond donors (Lipinski definition) is 1. The van der Waals surface area contributed by atoms with E-state index in [1.54, 1.807) is 12.1 Å². The minimum absolute atomic E-state index is 0.273. The molecule has 1 N–H and O–H groups in total. The van der Waals surface area contributed by atoms with Gasteiger partial charge < -0.3 is 10.2 Å². The first kappa shape index (κ1) is 16.0. The summed E-state index contributed by atoms with van der Waals surface area (Å²) in [5.41, 5.74) is -0.210. The van der Waals surface area contributed by atoms with Gasteiger partial charge in [-0.3, -0.25) is 0 Å². The Kier molecular flexibility index (Phi) is 5.82. The van der Waals surface area contributed by atoms with E-state index in [-0.39, 0.29) is 6.04 Å². The Labute approximate surface area is 112 Å². The zero-order valence-corrected chi connectivity index (χ0v) is 11.6. The van der Waals surface area contributed by atoms with Crippen LogP contribution < -0.4 is 5.32 Å². The molecular formula is C14H21F3N2. The maximum atomic E-state index is 13.0. The molecule has 1 aromatic rings. The highest BCUT2D eigenvalue weighted by Crippen LogP contribution is 2.35. The van der Waals surface area contributed by atoms with E-state index >= 15 is 0 Å². The molecule has 1 atom stereocenters. The van der Waals surface area contributed by atoms with Crippen molar-refractivity contribution < 1.29 is 13.2 Å². The first-order valence-electron chi connectivity index (χ1n) is 6.40. The third-order valence-electron chi connectivity index (χ3n) is 2.96. The average molecular weight is 274 g/mol. The Morgan fingerprint density at radius 3 is 2.37 bits per heavy atom. The van der Waals surface area contributed by atoms with Gasteiger partial charge in [-0.1, -0.05) is 25.1 Å². The highest BCUT2D eigenvalue weighted by molar-refractivity contribution is 5.32. The second-order valence-electron chi connectivity index (χ2n) is 4.79. The Balaban J connectivity index is 3.01. The molecule has 0 spiro atoms. The number of hydrogen-bond acceptors (Lipinski definition) is 2. The molecule has 1 rings (SSSR count). The number of halogens is 3. The molecule has 0 fully saturated rings. The molecule has 19 heavy (non-hydrogen) atoms. The summed E-state index contributed by atoms with van der Waals surface area (Å²) in [6.07, 6.45) is -3.66. The van der Waals surface area contributed by atoms with Gasteiger partial charge >= 0.3 is 6.18 Å². The quantitative estimate of drug-likeness (QED) is 0.856. The minimum Gasteiger partial charge on any atom is -0.310 e. The lowest BCUT2D eigenvalue weighted by atomic mass is 9.97. The van der Waals surface area contributed by atoms with Crippen molar-refractivity contribution in [1.29, 1.82) is 0 Å². The van der Waals surface area contributed by atoms with E-state index in [0.717, 1.165) is 12.6 Å². The summed E-state index contributed by atoms with van der Waals surface area (Å²) in [4.78, 5) is 1.97.